The van der Waals surface area contributed by atoms with Gasteiger partial charge in [0.2, 0.25) is 0 Å². The number of nitrogens with one attached hydrogen (secondary N) is 1. The average Bonchev–Trinajstić information content (AvgIpc) is 3.15. The monoisotopic (exact) mass is 354 g/mol. The van der Waals surface area contributed by atoms with E-state index in [1.807, 2.05) is 49.6 Å². The van der Waals surface area contributed by atoms with Crippen LogP contribution >= 0.6 is 11.6 Å². The molecule has 3 rings (SSSR count). The molecule has 0 bridgehead atoms. The molecule has 5 nitrogen and oxygen atoms in total. The van der Waals surface area contributed by atoms with Crippen LogP contribution in [0, 0.1) is 0 Å². The molecule has 2 aromatic carbocycles. The minimum absolute atomic E-state index is 0.193. The van der Waals surface area contributed by atoms with Gasteiger partial charge in [-0.25, -0.2) is 4.68 Å². The van der Waals surface area contributed by atoms with Gasteiger partial charge in [0, 0.05) is 42.3 Å². The fraction of sp³-hybridized carbons (Fsp3) is 0.158. The Morgan fingerprint density at radius 1 is 1.24 bits per heavy atom. The lowest BCUT2D eigenvalue weighted by molar-refractivity contribution is 0.102. The Kier molecular flexibility index (Phi) is 5.05. The molecule has 25 heavy (non-hydrogen) atoms. The lowest BCUT2D eigenvalue weighted by Gasteiger charge is -2.17. The Balaban J connectivity index is 1.85. The van der Waals surface area contributed by atoms with Crippen molar-refractivity contribution in [3.8, 4) is 5.69 Å². The van der Waals surface area contributed by atoms with E-state index in [-0.39, 0.29) is 5.91 Å². The Morgan fingerprint density at radius 2 is 2.00 bits per heavy atom. The van der Waals surface area contributed by atoms with Crippen molar-refractivity contribution in [2.45, 2.75) is 6.92 Å². The summed E-state index contributed by atoms with van der Waals surface area (Å²) in [6.07, 6.45) is 3.50. The fourth-order valence-electron chi connectivity index (χ4n) is 2.46. The summed E-state index contributed by atoms with van der Waals surface area (Å²) in [4.78, 5) is 14.7. The second kappa shape index (κ2) is 7.40. The van der Waals surface area contributed by atoms with Crippen LogP contribution in [0.1, 0.15) is 17.3 Å². The first-order valence-electron chi connectivity index (χ1n) is 8.00. The number of nitrogens with zero attached hydrogens (tertiary/aromatic N) is 3. The van der Waals surface area contributed by atoms with Gasteiger partial charge in [0.05, 0.1) is 11.4 Å². The SMILES string of the molecule is CCN(C)c1ccc(C(=O)Nc2cc(Cl)ccc2-n2cccn2)cc1. The number of aromatic nitrogens is 2. The Labute approximate surface area is 151 Å². The van der Waals surface area contributed by atoms with Crippen LogP contribution in [0.15, 0.2) is 60.9 Å². The van der Waals surface area contributed by atoms with E-state index in [0.29, 0.717) is 16.3 Å². The second-order valence-corrected chi connectivity index (χ2v) is 6.06. The molecule has 1 heterocycles. The molecule has 0 aliphatic rings. The molecule has 0 aliphatic carbocycles. The molecule has 0 fully saturated rings. The van der Waals surface area contributed by atoms with Gasteiger partial charge in [-0.15, -0.1) is 0 Å². The van der Waals surface area contributed by atoms with Gasteiger partial charge in [-0.2, -0.15) is 5.10 Å². The molecule has 1 amide bonds. The van der Waals surface area contributed by atoms with Gasteiger partial charge in [-0.05, 0) is 55.5 Å². The summed E-state index contributed by atoms with van der Waals surface area (Å²) in [5.41, 5.74) is 3.01. The highest BCUT2D eigenvalue weighted by molar-refractivity contribution is 6.31. The first-order valence-corrected chi connectivity index (χ1v) is 8.38. The molecule has 0 radical (unpaired) electrons. The van der Waals surface area contributed by atoms with Crippen LogP contribution in [0.2, 0.25) is 5.02 Å². The van der Waals surface area contributed by atoms with Crippen LogP contribution in [-0.2, 0) is 0 Å². The predicted molar refractivity (Wildman–Crippen MR) is 102 cm³/mol. The number of rotatable bonds is 5. The maximum absolute atomic E-state index is 12.6. The molecule has 1 N–H and O–H groups in total. The molecule has 0 spiro atoms. The van der Waals surface area contributed by atoms with E-state index >= 15 is 0 Å². The summed E-state index contributed by atoms with van der Waals surface area (Å²) < 4.78 is 1.69. The number of hydrogen-bond acceptors (Lipinski definition) is 3. The molecule has 0 saturated heterocycles. The summed E-state index contributed by atoms with van der Waals surface area (Å²) >= 11 is 6.09. The summed E-state index contributed by atoms with van der Waals surface area (Å²) in [5.74, 6) is -0.193. The number of carbonyl (C=O) groups is 1. The summed E-state index contributed by atoms with van der Waals surface area (Å²) in [7, 11) is 2.01. The van der Waals surface area contributed by atoms with E-state index in [4.69, 9.17) is 11.6 Å². The van der Waals surface area contributed by atoms with E-state index in [0.717, 1.165) is 17.9 Å². The molecule has 3 aromatic rings. The third kappa shape index (κ3) is 3.83. The van der Waals surface area contributed by atoms with Crippen LogP contribution in [0.3, 0.4) is 0 Å². The molecule has 1 aromatic heterocycles. The molecular formula is C19H19ClN4O. The highest BCUT2D eigenvalue weighted by Gasteiger charge is 2.12. The van der Waals surface area contributed by atoms with Crippen molar-refractivity contribution in [1.29, 1.82) is 0 Å². The predicted octanol–water partition coefficient (Wildman–Crippen LogP) is 4.23. The van der Waals surface area contributed by atoms with Crippen molar-refractivity contribution < 1.29 is 4.79 Å². The average molecular weight is 355 g/mol. The van der Waals surface area contributed by atoms with Crippen LogP contribution < -0.4 is 10.2 Å². The van der Waals surface area contributed by atoms with E-state index in [9.17, 15) is 4.79 Å². The second-order valence-electron chi connectivity index (χ2n) is 5.63. The number of halogens is 1. The zero-order valence-electron chi connectivity index (χ0n) is 14.1. The fourth-order valence-corrected chi connectivity index (χ4v) is 2.64. The third-order valence-corrected chi connectivity index (χ3v) is 4.24. The number of anilines is 2. The van der Waals surface area contributed by atoms with Gasteiger partial charge in [-0.1, -0.05) is 11.6 Å². The first-order chi connectivity index (χ1) is 12.1. The van der Waals surface area contributed by atoms with Crippen molar-refractivity contribution in [2.24, 2.45) is 0 Å². The van der Waals surface area contributed by atoms with Gasteiger partial charge in [0.15, 0.2) is 0 Å². The smallest absolute Gasteiger partial charge is 0.255 e. The number of hydrogen-bond donors (Lipinski definition) is 1. The summed E-state index contributed by atoms with van der Waals surface area (Å²) in [6, 6.07) is 14.6. The standard InChI is InChI=1S/C19H19ClN4O/c1-3-23(2)16-8-5-14(6-9-16)19(25)22-17-13-15(20)7-10-18(17)24-12-4-11-21-24/h4-13H,3H2,1-2H3,(H,22,25). The van der Waals surface area contributed by atoms with Gasteiger partial charge >= 0.3 is 0 Å². The molecule has 6 heteroatoms. The van der Waals surface area contributed by atoms with Gasteiger partial charge < -0.3 is 10.2 Å². The van der Waals surface area contributed by atoms with Crippen LogP contribution in [0.5, 0.6) is 0 Å². The van der Waals surface area contributed by atoms with Crippen LogP contribution in [-0.4, -0.2) is 29.3 Å². The Bertz CT molecular complexity index is 860. The maximum Gasteiger partial charge on any atom is 0.255 e. The lowest BCUT2D eigenvalue weighted by Crippen LogP contribution is -2.17. The van der Waals surface area contributed by atoms with Crippen LogP contribution in [0.25, 0.3) is 5.69 Å². The molecule has 128 valence electrons. The molecule has 0 aliphatic heterocycles. The van der Waals surface area contributed by atoms with Gasteiger partial charge in [0.1, 0.15) is 0 Å². The van der Waals surface area contributed by atoms with Crippen molar-refractivity contribution in [1.82, 2.24) is 9.78 Å². The van der Waals surface area contributed by atoms with E-state index in [1.54, 1.807) is 23.0 Å². The number of benzene rings is 2. The molecule has 0 saturated carbocycles. The van der Waals surface area contributed by atoms with Crippen molar-refractivity contribution >= 4 is 28.9 Å². The normalized spacial score (nSPS) is 10.5. The highest BCUT2D eigenvalue weighted by Crippen LogP contribution is 2.25. The van der Waals surface area contributed by atoms with E-state index < -0.39 is 0 Å². The Hall–Kier alpha value is -2.79. The minimum Gasteiger partial charge on any atom is -0.375 e. The summed E-state index contributed by atoms with van der Waals surface area (Å²) in [5, 5.41) is 7.68. The highest BCUT2D eigenvalue weighted by atomic mass is 35.5. The van der Waals surface area contributed by atoms with Gasteiger partial charge in [-0.3, -0.25) is 4.79 Å². The lowest BCUT2D eigenvalue weighted by atomic mass is 10.1. The maximum atomic E-state index is 12.6. The van der Waals surface area contributed by atoms with Crippen molar-refractivity contribution in [2.75, 3.05) is 23.8 Å². The van der Waals surface area contributed by atoms with Crippen LogP contribution in [0.4, 0.5) is 11.4 Å². The number of amides is 1. The summed E-state index contributed by atoms with van der Waals surface area (Å²) in [6.45, 7) is 2.98. The topological polar surface area (TPSA) is 50.2 Å². The Morgan fingerprint density at radius 3 is 2.64 bits per heavy atom. The quantitative estimate of drug-likeness (QED) is 0.745. The largest absolute Gasteiger partial charge is 0.375 e. The first kappa shape index (κ1) is 17.0. The van der Waals surface area contributed by atoms with E-state index in [2.05, 4.69) is 22.2 Å². The molecule has 0 unspecified atom stereocenters. The third-order valence-electron chi connectivity index (χ3n) is 4.00. The molecular weight excluding hydrogens is 336 g/mol. The zero-order chi connectivity index (χ0) is 17.8. The van der Waals surface area contributed by atoms with Gasteiger partial charge in [0.25, 0.3) is 5.91 Å². The molecule has 0 atom stereocenters. The van der Waals surface area contributed by atoms with E-state index in [1.165, 1.54) is 0 Å². The zero-order valence-corrected chi connectivity index (χ0v) is 14.9. The number of carbonyl (C=O) groups excluding carboxylic acids is 1. The van der Waals surface area contributed by atoms with Crippen molar-refractivity contribution in [3.05, 3.63) is 71.5 Å². The minimum atomic E-state index is -0.193. The van der Waals surface area contributed by atoms with Crippen molar-refractivity contribution in [3.63, 3.8) is 0 Å².